The van der Waals surface area contributed by atoms with Gasteiger partial charge < -0.3 is 9.84 Å². The summed E-state index contributed by atoms with van der Waals surface area (Å²) in [5.41, 5.74) is -2.92. The van der Waals surface area contributed by atoms with Crippen molar-refractivity contribution in [3.05, 3.63) is 17.5 Å². The minimum absolute atomic E-state index is 0.0228. The largest absolute Gasteiger partial charge is 0.462 e. The minimum Gasteiger partial charge on any atom is -0.462 e. The second kappa shape index (κ2) is 5.82. The number of carbonyl (C=O) groups is 1. The lowest BCUT2D eigenvalue weighted by atomic mass is 10.1. The van der Waals surface area contributed by atoms with E-state index in [2.05, 4.69) is 9.84 Å². The number of aryl methyl sites for hydroxylation is 1. The number of rotatable bonds is 5. The van der Waals surface area contributed by atoms with E-state index in [4.69, 9.17) is 0 Å². The molecule has 0 aromatic carbocycles. The van der Waals surface area contributed by atoms with Crippen molar-refractivity contribution < 1.29 is 27.8 Å². The van der Waals surface area contributed by atoms with E-state index in [0.29, 0.717) is 0 Å². The van der Waals surface area contributed by atoms with Gasteiger partial charge in [0, 0.05) is 12.7 Å². The lowest BCUT2D eigenvalue weighted by Crippen LogP contribution is -2.21. The summed E-state index contributed by atoms with van der Waals surface area (Å²) in [6.07, 6.45) is -3.54. The van der Waals surface area contributed by atoms with Crippen molar-refractivity contribution in [1.29, 1.82) is 0 Å². The van der Waals surface area contributed by atoms with Gasteiger partial charge in [-0.1, -0.05) is 0 Å². The van der Waals surface area contributed by atoms with Crippen LogP contribution in [0.3, 0.4) is 0 Å². The fraction of sp³-hybridized carbons (Fsp3) is 0.667. The third-order valence-electron chi connectivity index (χ3n) is 2.48. The second-order valence-corrected chi connectivity index (χ2v) is 4.94. The van der Waals surface area contributed by atoms with Gasteiger partial charge in [0.1, 0.15) is 5.56 Å². The van der Waals surface area contributed by atoms with Crippen molar-refractivity contribution in [2.45, 2.75) is 45.5 Å². The average molecular weight is 294 g/mol. The van der Waals surface area contributed by atoms with E-state index in [1.54, 1.807) is 0 Å². The van der Waals surface area contributed by atoms with Gasteiger partial charge in [-0.15, -0.1) is 0 Å². The van der Waals surface area contributed by atoms with Gasteiger partial charge in [0.25, 0.3) is 0 Å². The molecule has 0 aliphatic rings. The van der Waals surface area contributed by atoms with Gasteiger partial charge in [-0.3, -0.25) is 4.68 Å². The molecule has 0 aliphatic heterocycles. The van der Waals surface area contributed by atoms with E-state index in [9.17, 15) is 23.1 Å². The number of hydrogen-bond acceptors (Lipinski definition) is 4. The standard InChI is InChI=1S/C12H17F3N2O3/c1-4-20-10(18)8-7-17(6-5-11(2,3)19)16-9(8)12(13,14)15/h7,19H,4-6H2,1-3H3. The molecular formula is C12H17F3N2O3. The first-order chi connectivity index (χ1) is 9.04. The molecule has 0 atom stereocenters. The van der Waals surface area contributed by atoms with Crippen LogP contribution < -0.4 is 0 Å². The lowest BCUT2D eigenvalue weighted by Gasteiger charge is -2.16. The highest BCUT2D eigenvalue weighted by molar-refractivity contribution is 5.90. The maximum absolute atomic E-state index is 12.8. The number of hydrogen-bond donors (Lipinski definition) is 1. The number of aromatic nitrogens is 2. The van der Waals surface area contributed by atoms with Crippen LogP contribution in [0.5, 0.6) is 0 Å². The molecule has 20 heavy (non-hydrogen) atoms. The van der Waals surface area contributed by atoms with Crippen molar-refractivity contribution in [1.82, 2.24) is 9.78 Å². The number of carbonyl (C=O) groups excluding carboxylic acids is 1. The molecule has 1 aromatic rings. The lowest BCUT2D eigenvalue weighted by molar-refractivity contribution is -0.142. The zero-order valence-corrected chi connectivity index (χ0v) is 11.5. The Morgan fingerprint density at radius 3 is 2.50 bits per heavy atom. The molecule has 114 valence electrons. The van der Waals surface area contributed by atoms with Crippen molar-refractivity contribution in [2.24, 2.45) is 0 Å². The Balaban J connectivity index is 3.03. The summed E-state index contributed by atoms with van der Waals surface area (Å²) in [5.74, 6) is -1.06. The number of ether oxygens (including phenoxy) is 1. The molecule has 8 heteroatoms. The van der Waals surface area contributed by atoms with E-state index in [0.717, 1.165) is 10.9 Å². The van der Waals surface area contributed by atoms with Crippen LogP contribution in [0.15, 0.2) is 6.20 Å². The normalized spacial score (nSPS) is 12.6. The molecule has 1 heterocycles. The molecule has 5 nitrogen and oxygen atoms in total. The first-order valence-corrected chi connectivity index (χ1v) is 6.08. The fourth-order valence-electron chi connectivity index (χ4n) is 1.49. The summed E-state index contributed by atoms with van der Waals surface area (Å²) in [7, 11) is 0. The Morgan fingerprint density at radius 2 is 2.05 bits per heavy atom. The highest BCUT2D eigenvalue weighted by Crippen LogP contribution is 2.31. The molecule has 0 amide bonds. The molecule has 0 spiro atoms. The Labute approximate surface area is 114 Å². The topological polar surface area (TPSA) is 64.3 Å². The third-order valence-corrected chi connectivity index (χ3v) is 2.48. The molecule has 1 N–H and O–H groups in total. The van der Waals surface area contributed by atoms with Gasteiger partial charge in [0.2, 0.25) is 0 Å². The van der Waals surface area contributed by atoms with Gasteiger partial charge in [-0.25, -0.2) is 4.79 Å². The molecule has 0 fully saturated rings. The van der Waals surface area contributed by atoms with Crippen LogP contribution in [0.1, 0.15) is 43.2 Å². The monoisotopic (exact) mass is 294 g/mol. The van der Waals surface area contributed by atoms with Crippen LogP contribution in [0.25, 0.3) is 0 Å². The maximum Gasteiger partial charge on any atom is 0.436 e. The second-order valence-electron chi connectivity index (χ2n) is 4.94. The number of esters is 1. The van der Waals surface area contributed by atoms with Crippen LogP contribution >= 0.6 is 0 Å². The Bertz CT molecular complexity index is 475. The summed E-state index contributed by atoms with van der Waals surface area (Å²) in [4.78, 5) is 11.5. The van der Waals surface area contributed by atoms with E-state index in [1.165, 1.54) is 20.8 Å². The first-order valence-electron chi connectivity index (χ1n) is 6.08. The average Bonchev–Trinajstić information content (AvgIpc) is 2.69. The summed E-state index contributed by atoms with van der Waals surface area (Å²) in [6.45, 7) is 4.61. The summed E-state index contributed by atoms with van der Waals surface area (Å²) < 4.78 is 44.0. The van der Waals surface area contributed by atoms with Crippen LogP contribution in [0, 0.1) is 0 Å². The number of aliphatic hydroxyl groups is 1. The third kappa shape index (κ3) is 4.52. The van der Waals surface area contributed by atoms with Crippen LogP contribution in [0.4, 0.5) is 13.2 Å². The molecule has 1 rings (SSSR count). The highest BCUT2D eigenvalue weighted by Gasteiger charge is 2.39. The smallest absolute Gasteiger partial charge is 0.436 e. The van der Waals surface area contributed by atoms with Crippen LogP contribution in [-0.4, -0.2) is 33.1 Å². The van der Waals surface area contributed by atoms with Gasteiger partial charge in [-0.05, 0) is 27.2 Å². The van der Waals surface area contributed by atoms with Gasteiger partial charge >= 0.3 is 12.1 Å². The molecule has 0 radical (unpaired) electrons. The van der Waals surface area contributed by atoms with Crippen molar-refractivity contribution >= 4 is 5.97 Å². The molecule has 0 bridgehead atoms. The maximum atomic E-state index is 12.8. The van der Waals surface area contributed by atoms with Gasteiger partial charge in [-0.2, -0.15) is 18.3 Å². The van der Waals surface area contributed by atoms with E-state index < -0.39 is 29.0 Å². The van der Waals surface area contributed by atoms with Crippen molar-refractivity contribution in [2.75, 3.05) is 6.61 Å². The van der Waals surface area contributed by atoms with E-state index in [-0.39, 0.29) is 19.6 Å². The van der Waals surface area contributed by atoms with E-state index in [1.807, 2.05) is 0 Å². The zero-order chi connectivity index (χ0) is 15.6. The zero-order valence-electron chi connectivity index (χ0n) is 11.5. The number of nitrogens with zero attached hydrogens (tertiary/aromatic N) is 2. The summed E-state index contributed by atoms with van der Waals surface area (Å²) in [5, 5.41) is 12.9. The molecule has 0 unspecified atom stereocenters. The highest BCUT2D eigenvalue weighted by atomic mass is 19.4. The quantitative estimate of drug-likeness (QED) is 0.846. The molecule has 1 aromatic heterocycles. The Morgan fingerprint density at radius 1 is 1.45 bits per heavy atom. The van der Waals surface area contributed by atoms with Crippen molar-refractivity contribution in [3.8, 4) is 0 Å². The summed E-state index contributed by atoms with van der Waals surface area (Å²) in [6, 6.07) is 0. The van der Waals surface area contributed by atoms with Crippen molar-refractivity contribution in [3.63, 3.8) is 0 Å². The SMILES string of the molecule is CCOC(=O)c1cn(CCC(C)(C)O)nc1C(F)(F)F. The van der Waals surface area contributed by atoms with Gasteiger partial charge in [0.05, 0.1) is 12.2 Å². The number of halogens is 3. The molecular weight excluding hydrogens is 277 g/mol. The van der Waals surface area contributed by atoms with Crippen LogP contribution in [0.2, 0.25) is 0 Å². The predicted octanol–water partition coefficient (Wildman–Crippen LogP) is 2.24. The van der Waals surface area contributed by atoms with E-state index >= 15 is 0 Å². The van der Waals surface area contributed by atoms with Crippen LogP contribution in [-0.2, 0) is 17.5 Å². The first kappa shape index (κ1) is 16.5. The molecule has 0 saturated carbocycles. The number of alkyl halides is 3. The molecule has 0 aliphatic carbocycles. The predicted molar refractivity (Wildman–Crippen MR) is 64.1 cm³/mol. The van der Waals surface area contributed by atoms with Gasteiger partial charge in [0.15, 0.2) is 5.69 Å². The Kier molecular flexibility index (Phi) is 4.80. The minimum atomic E-state index is -4.73. The summed E-state index contributed by atoms with van der Waals surface area (Å²) >= 11 is 0. The Hall–Kier alpha value is -1.57. The fourth-order valence-corrected chi connectivity index (χ4v) is 1.49. The molecule has 0 saturated heterocycles.